The molecule has 4 rings (SSSR count). The highest BCUT2D eigenvalue weighted by molar-refractivity contribution is 7.12. The van der Waals surface area contributed by atoms with E-state index in [4.69, 9.17) is 9.15 Å². The number of nitrogens with zero attached hydrogens (tertiary/aromatic N) is 2. The highest BCUT2D eigenvalue weighted by atomic mass is 32.1. The summed E-state index contributed by atoms with van der Waals surface area (Å²) in [7, 11) is 0. The van der Waals surface area contributed by atoms with Crippen molar-refractivity contribution in [1.82, 2.24) is 0 Å². The summed E-state index contributed by atoms with van der Waals surface area (Å²) in [6.45, 7) is 0. The van der Waals surface area contributed by atoms with Crippen LogP contribution in [0.2, 0.25) is 0 Å². The SMILES string of the molecule is O=C1OC(c2cccs2)=NC1=Cc1ccc(-c2ccccc2[N+](=O)[O-])o1. The molecule has 0 bridgehead atoms. The third kappa shape index (κ3) is 2.93. The Bertz CT molecular complexity index is 1060. The summed E-state index contributed by atoms with van der Waals surface area (Å²) in [5, 5.41) is 13.0. The normalized spacial score (nSPS) is 15.2. The van der Waals surface area contributed by atoms with Crippen LogP contribution in [0.3, 0.4) is 0 Å². The van der Waals surface area contributed by atoms with Crippen molar-refractivity contribution < 1.29 is 18.9 Å². The minimum atomic E-state index is -0.572. The minimum Gasteiger partial charge on any atom is -0.456 e. The van der Waals surface area contributed by atoms with Crippen LogP contribution in [0.1, 0.15) is 10.6 Å². The molecule has 0 saturated carbocycles. The number of benzene rings is 1. The van der Waals surface area contributed by atoms with Gasteiger partial charge in [0.2, 0.25) is 5.90 Å². The van der Waals surface area contributed by atoms with Crippen LogP contribution in [0.4, 0.5) is 5.69 Å². The van der Waals surface area contributed by atoms with Gasteiger partial charge in [0.1, 0.15) is 11.5 Å². The molecule has 0 unspecified atom stereocenters. The van der Waals surface area contributed by atoms with E-state index < -0.39 is 10.9 Å². The van der Waals surface area contributed by atoms with E-state index in [-0.39, 0.29) is 17.3 Å². The van der Waals surface area contributed by atoms with E-state index >= 15 is 0 Å². The maximum Gasteiger partial charge on any atom is 0.363 e. The van der Waals surface area contributed by atoms with Crippen molar-refractivity contribution in [2.75, 3.05) is 0 Å². The van der Waals surface area contributed by atoms with Crippen molar-refractivity contribution in [2.24, 2.45) is 4.99 Å². The highest BCUT2D eigenvalue weighted by Crippen LogP contribution is 2.31. The molecule has 1 aliphatic heterocycles. The number of nitro groups is 1. The lowest BCUT2D eigenvalue weighted by molar-refractivity contribution is -0.384. The Hall–Kier alpha value is -3.52. The van der Waals surface area contributed by atoms with E-state index in [2.05, 4.69) is 4.99 Å². The van der Waals surface area contributed by atoms with Gasteiger partial charge in [0.15, 0.2) is 5.70 Å². The number of hydrogen-bond donors (Lipinski definition) is 0. The molecule has 0 aliphatic carbocycles. The fourth-order valence-electron chi connectivity index (χ4n) is 2.47. The van der Waals surface area contributed by atoms with Crippen LogP contribution in [0.15, 0.2) is 69.0 Å². The number of rotatable bonds is 4. The third-order valence-electron chi connectivity index (χ3n) is 3.62. The fourth-order valence-corrected chi connectivity index (χ4v) is 3.11. The van der Waals surface area contributed by atoms with Crippen LogP contribution in [-0.4, -0.2) is 16.8 Å². The Morgan fingerprint density at radius 3 is 2.73 bits per heavy atom. The average molecular weight is 366 g/mol. The standard InChI is InChI=1S/C18H10N2O5S/c21-18-13(19-17(25-18)16-6-3-9-26-16)10-11-7-8-15(24-11)12-4-1-2-5-14(12)20(22)23/h1-10H. The van der Waals surface area contributed by atoms with Crippen molar-refractivity contribution in [3.63, 3.8) is 0 Å². The van der Waals surface area contributed by atoms with Crippen LogP contribution >= 0.6 is 11.3 Å². The summed E-state index contributed by atoms with van der Waals surface area (Å²) in [5.41, 5.74) is 0.412. The molecule has 0 amide bonds. The third-order valence-corrected chi connectivity index (χ3v) is 4.48. The molecule has 1 aromatic carbocycles. The molecule has 0 spiro atoms. The van der Waals surface area contributed by atoms with Gasteiger partial charge in [0.05, 0.1) is 15.4 Å². The van der Waals surface area contributed by atoms with Gasteiger partial charge >= 0.3 is 5.97 Å². The Morgan fingerprint density at radius 2 is 1.96 bits per heavy atom. The predicted molar refractivity (Wildman–Crippen MR) is 95.7 cm³/mol. The second kappa shape index (κ2) is 6.41. The number of cyclic esters (lactones) is 1. The topological polar surface area (TPSA) is 94.9 Å². The molecule has 26 heavy (non-hydrogen) atoms. The molecule has 3 heterocycles. The maximum absolute atomic E-state index is 12.0. The molecule has 0 radical (unpaired) electrons. The summed E-state index contributed by atoms with van der Waals surface area (Å²) in [6.07, 6.45) is 1.45. The van der Waals surface area contributed by atoms with E-state index in [0.29, 0.717) is 17.1 Å². The van der Waals surface area contributed by atoms with E-state index in [9.17, 15) is 14.9 Å². The summed E-state index contributed by atoms with van der Waals surface area (Å²) >= 11 is 1.41. The molecule has 2 aromatic heterocycles. The number of carbonyl (C=O) groups is 1. The first-order chi connectivity index (χ1) is 12.6. The zero-order valence-electron chi connectivity index (χ0n) is 13.1. The summed E-state index contributed by atoms with van der Waals surface area (Å²) < 4.78 is 10.8. The summed E-state index contributed by atoms with van der Waals surface area (Å²) in [6, 6.07) is 13.2. The van der Waals surface area contributed by atoms with Gasteiger partial charge in [-0.15, -0.1) is 11.3 Å². The van der Waals surface area contributed by atoms with Gasteiger partial charge in [-0.2, -0.15) is 0 Å². The summed E-state index contributed by atoms with van der Waals surface area (Å²) in [4.78, 5) is 27.6. The maximum atomic E-state index is 12.0. The molecule has 128 valence electrons. The van der Waals surface area contributed by atoms with Gasteiger partial charge in [-0.3, -0.25) is 10.1 Å². The van der Waals surface area contributed by atoms with E-state index in [1.165, 1.54) is 23.5 Å². The van der Waals surface area contributed by atoms with Gasteiger partial charge in [-0.25, -0.2) is 9.79 Å². The Morgan fingerprint density at radius 1 is 1.12 bits per heavy atom. The number of nitro benzene ring substituents is 1. The second-order valence-corrected chi connectivity index (χ2v) is 6.24. The molecular weight excluding hydrogens is 356 g/mol. The van der Waals surface area contributed by atoms with Gasteiger partial charge in [0, 0.05) is 12.1 Å². The lowest BCUT2D eigenvalue weighted by Gasteiger charge is -1.98. The largest absolute Gasteiger partial charge is 0.456 e. The van der Waals surface area contributed by atoms with Gasteiger partial charge in [-0.05, 0) is 29.6 Å². The zero-order chi connectivity index (χ0) is 18.1. The first-order valence-electron chi connectivity index (χ1n) is 7.52. The van der Waals surface area contributed by atoms with E-state index in [0.717, 1.165) is 4.88 Å². The molecular formula is C18H10N2O5S. The van der Waals surface area contributed by atoms with E-state index in [1.54, 1.807) is 36.4 Å². The first-order valence-corrected chi connectivity index (χ1v) is 8.40. The van der Waals surface area contributed by atoms with Crippen molar-refractivity contribution in [1.29, 1.82) is 0 Å². The summed E-state index contributed by atoms with van der Waals surface area (Å²) in [5.74, 6) is 0.359. The molecule has 0 atom stereocenters. The fraction of sp³-hybridized carbons (Fsp3) is 0. The van der Waals surface area contributed by atoms with Gasteiger partial charge < -0.3 is 9.15 Å². The van der Waals surface area contributed by atoms with Crippen LogP contribution in [-0.2, 0) is 9.53 Å². The van der Waals surface area contributed by atoms with Crippen molar-refractivity contribution in [3.05, 3.63) is 80.4 Å². The number of ether oxygens (including phenoxy) is 1. The molecule has 0 saturated heterocycles. The lowest BCUT2D eigenvalue weighted by atomic mass is 10.1. The number of hydrogen-bond acceptors (Lipinski definition) is 7. The number of esters is 1. The molecule has 0 N–H and O–H groups in total. The van der Waals surface area contributed by atoms with Crippen LogP contribution in [0.25, 0.3) is 17.4 Å². The Balaban J connectivity index is 1.66. The average Bonchev–Trinajstić information content (AvgIpc) is 3.37. The lowest BCUT2D eigenvalue weighted by Crippen LogP contribution is -2.03. The van der Waals surface area contributed by atoms with Crippen molar-refractivity contribution in [2.45, 2.75) is 0 Å². The molecule has 1 aliphatic rings. The molecule has 8 heteroatoms. The van der Waals surface area contributed by atoms with E-state index in [1.807, 2.05) is 11.4 Å². The minimum absolute atomic E-state index is 0.0562. The predicted octanol–water partition coefficient (Wildman–Crippen LogP) is 4.26. The molecule has 3 aromatic rings. The Labute approximate surface area is 151 Å². The Kier molecular flexibility index (Phi) is 3.94. The quantitative estimate of drug-likeness (QED) is 0.297. The number of para-hydroxylation sites is 1. The monoisotopic (exact) mass is 366 g/mol. The number of thiophene rings is 1. The number of aliphatic imine (C=N–C) groups is 1. The van der Waals surface area contributed by atoms with Crippen molar-refractivity contribution >= 4 is 35.0 Å². The molecule has 0 fully saturated rings. The van der Waals surface area contributed by atoms with Crippen molar-refractivity contribution in [3.8, 4) is 11.3 Å². The first kappa shape index (κ1) is 16.0. The number of furan rings is 1. The number of carbonyl (C=O) groups excluding carboxylic acids is 1. The second-order valence-electron chi connectivity index (χ2n) is 5.29. The van der Waals surface area contributed by atoms with Crippen LogP contribution in [0.5, 0.6) is 0 Å². The molecule has 7 nitrogen and oxygen atoms in total. The van der Waals surface area contributed by atoms with Crippen LogP contribution in [0, 0.1) is 10.1 Å². The van der Waals surface area contributed by atoms with Gasteiger partial charge in [0.25, 0.3) is 5.69 Å². The highest BCUT2D eigenvalue weighted by Gasteiger charge is 2.25. The van der Waals surface area contributed by atoms with Crippen LogP contribution < -0.4 is 0 Å². The smallest absolute Gasteiger partial charge is 0.363 e. The van der Waals surface area contributed by atoms with Gasteiger partial charge in [-0.1, -0.05) is 18.2 Å². The zero-order valence-corrected chi connectivity index (χ0v) is 13.9.